The van der Waals surface area contributed by atoms with Crippen LogP contribution in [-0.4, -0.2) is 18.1 Å². The summed E-state index contributed by atoms with van der Waals surface area (Å²) < 4.78 is 5.44. The van der Waals surface area contributed by atoms with Crippen LogP contribution in [0.4, 0.5) is 0 Å². The van der Waals surface area contributed by atoms with Crippen LogP contribution in [0.1, 0.15) is 139 Å². The highest BCUT2D eigenvalue weighted by Crippen LogP contribution is 2.22. The van der Waals surface area contributed by atoms with Gasteiger partial charge in [-0.15, -0.1) is 11.8 Å². The van der Waals surface area contributed by atoms with Gasteiger partial charge in [-0.3, -0.25) is 4.79 Å². The molecule has 3 heteroatoms. The van der Waals surface area contributed by atoms with Crippen LogP contribution >= 0.6 is 11.8 Å². The zero-order valence-corrected chi connectivity index (χ0v) is 25.7. The molecule has 0 radical (unpaired) electrons. The standard InChI is InChI=1S/C36H54O2S/c1-3-5-6-7-8-9-10-11-12-13-14-15-16-17-18-19-20-31-39-35-28-21-32(22-29-35)23-30-36(37)33-24-26-34(27-25-33)38-4-2/h21-30H,3-20,31H2,1-2H3. The molecular weight excluding hydrogens is 496 g/mol. The molecule has 0 bridgehead atoms. The molecule has 0 aliphatic rings. The minimum Gasteiger partial charge on any atom is -0.494 e. The van der Waals surface area contributed by atoms with E-state index in [0.29, 0.717) is 12.2 Å². The van der Waals surface area contributed by atoms with Gasteiger partial charge < -0.3 is 4.74 Å². The van der Waals surface area contributed by atoms with Gasteiger partial charge in [0.25, 0.3) is 0 Å². The Morgan fingerprint density at radius 1 is 0.641 bits per heavy atom. The second-order valence-electron chi connectivity index (χ2n) is 10.7. The topological polar surface area (TPSA) is 26.3 Å². The van der Waals surface area contributed by atoms with Crippen molar-refractivity contribution in [3.63, 3.8) is 0 Å². The van der Waals surface area contributed by atoms with Crippen LogP contribution in [0.3, 0.4) is 0 Å². The molecule has 0 aliphatic heterocycles. The Labute approximate surface area is 244 Å². The van der Waals surface area contributed by atoms with E-state index in [2.05, 4.69) is 31.2 Å². The molecule has 0 saturated carbocycles. The predicted molar refractivity (Wildman–Crippen MR) is 172 cm³/mol. The maximum atomic E-state index is 12.4. The average Bonchev–Trinajstić information content (AvgIpc) is 2.96. The first-order valence-corrected chi connectivity index (χ1v) is 16.9. The summed E-state index contributed by atoms with van der Waals surface area (Å²) in [5.41, 5.74) is 1.73. The summed E-state index contributed by atoms with van der Waals surface area (Å²) in [4.78, 5) is 13.7. The van der Waals surface area contributed by atoms with Crippen LogP contribution in [0.15, 0.2) is 59.5 Å². The molecule has 0 fully saturated rings. The number of ether oxygens (including phenoxy) is 1. The van der Waals surface area contributed by atoms with Crippen LogP contribution in [0.2, 0.25) is 0 Å². The number of allylic oxidation sites excluding steroid dienone is 1. The van der Waals surface area contributed by atoms with E-state index in [9.17, 15) is 4.79 Å². The summed E-state index contributed by atoms with van der Waals surface area (Å²) in [7, 11) is 0. The lowest BCUT2D eigenvalue weighted by Gasteiger charge is -2.04. The lowest BCUT2D eigenvalue weighted by atomic mass is 10.0. The third-order valence-electron chi connectivity index (χ3n) is 7.27. The summed E-state index contributed by atoms with van der Waals surface area (Å²) in [5, 5.41) is 0. The molecule has 0 heterocycles. The molecule has 2 aromatic rings. The fourth-order valence-electron chi connectivity index (χ4n) is 4.84. The summed E-state index contributed by atoms with van der Waals surface area (Å²) in [6, 6.07) is 15.8. The Bertz CT molecular complexity index is 885. The molecule has 0 unspecified atom stereocenters. The Balaban J connectivity index is 1.43. The number of unbranched alkanes of at least 4 members (excludes halogenated alkanes) is 16. The number of benzene rings is 2. The Kier molecular flexibility index (Phi) is 19.4. The highest BCUT2D eigenvalue weighted by atomic mass is 32.2. The number of hydrogen-bond acceptors (Lipinski definition) is 3. The van der Waals surface area contributed by atoms with Crippen molar-refractivity contribution in [2.75, 3.05) is 12.4 Å². The second-order valence-corrected chi connectivity index (χ2v) is 11.9. The first-order chi connectivity index (χ1) is 19.2. The molecule has 2 rings (SSSR count). The Hall–Kier alpha value is -2.00. The molecule has 0 atom stereocenters. The number of rotatable bonds is 24. The molecule has 2 aromatic carbocycles. The van der Waals surface area contributed by atoms with Crippen molar-refractivity contribution in [2.24, 2.45) is 0 Å². The normalized spacial score (nSPS) is 11.3. The van der Waals surface area contributed by atoms with Gasteiger partial charge in [-0.25, -0.2) is 0 Å². The van der Waals surface area contributed by atoms with E-state index in [1.165, 1.54) is 120 Å². The number of carbonyl (C=O) groups is 1. The molecule has 2 nitrogen and oxygen atoms in total. The molecule has 0 aliphatic carbocycles. The molecule has 0 N–H and O–H groups in total. The van der Waals surface area contributed by atoms with Gasteiger partial charge in [0.1, 0.15) is 5.75 Å². The highest BCUT2D eigenvalue weighted by Gasteiger charge is 2.02. The molecule has 216 valence electrons. The number of carbonyl (C=O) groups excluding carboxylic acids is 1. The van der Waals surface area contributed by atoms with Gasteiger partial charge in [-0.05, 0) is 67.1 Å². The summed E-state index contributed by atoms with van der Waals surface area (Å²) in [5.74, 6) is 1.99. The summed E-state index contributed by atoms with van der Waals surface area (Å²) in [6.45, 7) is 4.87. The minimum atomic E-state index is 0.00954. The van der Waals surface area contributed by atoms with Crippen LogP contribution < -0.4 is 4.74 Å². The Morgan fingerprint density at radius 2 is 1.13 bits per heavy atom. The van der Waals surface area contributed by atoms with Crippen molar-refractivity contribution in [1.82, 2.24) is 0 Å². The van der Waals surface area contributed by atoms with E-state index in [1.54, 1.807) is 6.08 Å². The van der Waals surface area contributed by atoms with E-state index < -0.39 is 0 Å². The predicted octanol–water partition coefficient (Wildman–Crippen LogP) is 11.7. The van der Waals surface area contributed by atoms with Gasteiger partial charge in [0.2, 0.25) is 0 Å². The summed E-state index contributed by atoms with van der Waals surface area (Å²) in [6.07, 6.45) is 27.6. The molecule has 0 aromatic heterocycles. The fraction of sp³-hybridized carbons (Fsp3) is 0.583. The monoisotopic (exact) mass is 550 g/mol. The number of hydrogen-bond donors (Lipinski definition) is 0. The lowest BCUT2D eigenvalue weighted by molar-refractivity contribution is 0.104. The van der Waals surface area contributed by atoms with Gasteiger partial charge in [-0.1, -0.05) is 128 Å². The Morgan fingerprint density at radius 3 is 1.62 bits per heavy atom. The quantitative estimate of drug-likeness (QED) is 0.0562. The summed E-state index contributed by atoms with van der Waals surface area (Å²) >= 11 is 1.94. The van der Waals surface area contributed by atoms with Crippen molar-refractivity contribution in [1.29, 1.82) is 0 Å². The zero-order valence-electron chi connectivity index (χ0n) is 24.9. The molecule has 39 heavy (non-hydrogen) atoms. The van der Waals surface area contributed by atoms with Crippen molar-refractivity contribution in [3.8, 4) is 5.75 Å². The maximum absolute atomic E-state index is 12.4. The molecule has 0 spiro atoms. The van der Waals surface area contributed by atoms with Crippen molar-refractivity contribution in [3.05, 3.63) is 65.7 Å². The van der Waals surface area contributed by atoms with Gasteiger partial charge in [-0.2, -0.15) is 0 Å². The molecule has 0 amide bonds. The van der Waals surface area contributed by atoms with Crippen LogP contribution in [0, 0.1) is 0 Å². The van der Waals surface area contributed by atoms with Gasteiger partial charge in [0.05, 0.1) is 6.61 Å². The molecule has 0 saturated heterocycles. The van der Waals surface area contributed by atoms with Crippen molar-refractivity contribution in [2.45, 2.75) is 128 Å². The molecular formula is C36H54O2S. The fourth-order valence-corrected chi connectivity index (χ4v) is 5.76. The second kappa shape index (κ2) is 22.8. The minimum absolute atomic E-state index is 0.00954. The third-order valence-corrected chi connectivity index (χ3v) is 8.37. The van der Waals surface area contributed by atoms with Gasteiger partial charge in [0.15, 0.2) is 5.78 Å². The third kappa shape index (κ3) is 16.6. The van der Waals surface area contributed by atoms with E-state index in [-0.39, 0.29) is 5.78 Å². The van der Waals surface area contributed by atoms with Crippen molar-refractivity contribution < 1.29 is 9.53 Å². The largest absolute Gasteiger partial charge is 0.494 e. The number of ketones is 1. The van der Waals surface area contributed by atoms with Crippen molar-refractivity contribution >= 4 is 23.6 Å². The van der Waals surface area contributed by atoms with E-state index in [1.807, 2.05) is 49.0 Å². The SMILES string of the molecule is CCCCCCCCCCCCCCCCCCCSc1ccc(C=CC(=O)c2ccc(OCC)cc2)cc1. The highest BCUT2D eigenvalue weighted by molar-refractivity contribution is 7.99. The van der Waals surface area contributed by atoms with Gasteiger partial charge >= 0.3 is 0 Å². The first-order valence-electron chi connectivity index (χ1n) is 15.9. The average molecular weight is 551 g/mol. The zero-order chi connectivity index (χ0) is 27.8. The first kappa shape index (κ1) is 33.2. The van der Waals surface area contributed by atoms with Crippen LogP contribution in [0.5, 0.6) is 5.75 Å². The van der Waals surface area contributed by atoms with E-state index >= 15 is 0 Å². The lowest BCUT2D eigenvalue weighted by Crippen LogP contribution is -1.95. The smallest absolute Gasteiger partial charge is 0.185 e. The number of thioether (sulfide) groups is 1. The van der Waals surface area contributed by atoms with Crippen LogP contribution in [-0.2, 0) is 0 Å². The van der Waals surface area contributed by atoms with Crippen LogP contribution in [0.25, 0.3) is 6.08 Å². The van der Waals surface area contributed by atoms with E-state index in [0.717, 1.165) is 11.3 Å². The van der Waals surface area contributed by atoms with E-state index in [4.69, 9.17) is 4.74 Å². The maximum Gasteiger partial charge on any atom is 0.185 e. The van der Waals surface area contributed by atoms with Gasteiger partial charge in [0, 0.05) is 10.5 Å².